The van der Waals surface area contributed by atoms with Crippen LogP contribution in [0.5, 0.6) is 0 Å². The Morgan fingerprint density at radius 3 is 2.42 bits per heavy atom. The number of ether oxygens (including phenoxy) is 1. The molecule has 2 fully saturated rings. The average molecular weight is 360 g/mol. The van der Waals surface area contributed by atoms with Gasteiger partial charge >= 0.3 is 0 Å². The van der Waals surface area contributed by atoms with Crippen molar-refractivity contribution in [2.75, 3.05) is 44.2 Å². The summed E-state index contributed by atoms with van der Waals surface area (Å²) in [6.07, 6.45) is 4.86. The minimum Gasteiger partial charge on any atom is -0.377 e. The number of hydrogen-bond acceptors (Lipinski definition) is 4. The highest BCUT2D eigenvalue weighted by atomic mass is 16.5. The van der Waals surface area contributed by atoms with Crippen LogP contribution in [0.1, 0.15) is 49.9 Å². The van der Waals surface area contributed by atoms with Crippen LogP contribution in [-0.4, -0.2) is 62.3 Å². The molecule has 5 nitrogen and oxygen atoms in total. The van der Waals surface area contributed by atoms with Crippen LogP contribution in [0.15, 0.2) is 24.3 Å². The molecule has 0 aromatic heterocycles. The molecule has 144 valence electrons. The van der Waals surface area contributed by atoms with Crippen molar-refractivity contribution in [2.45, 2.75) is 51.7 Å². The second kappa shape index (κ2) is 9.38. The van der Waals surface area contributed by atoms with E-state index in [1.165, 1.54) is 18.5 Å². The van der Waals surface area contributed by atoms with Gasteiger partial charge in [-0.2, -0.15) is 0 Å². The zero-order valence-electron chi connectivity index (χ0n) is 16.2. The molecule has 1 atom stereocenters. The summed E-state index contributed by atoms with van der Waals surface area (Å²) in [5, 5.41) is 3.22. The van der Waals surface area contributed by atoms with Crippen molar-refractivity contribution in [3.8, 4) is 0 Å². The Balaban J connectivity index is 1.45. The summed E-state index contributed by atoms with van der Waals surface area (Å²) in [6.45, 7) is 10.3. The summed E-state index contributed by atoms with van der Waals surface area (Å²) in [5.74, 6) is 0.0497. The Labute approximate surface area is 157 Å². The first-order chi connectivity index (χ1) is 12.7. The van der Waals surface area contributed by atoms with E-state index in [-0.39, 0.29) is 11.9 Å². The maximum absolute atomic E-state index is 12.5. The third-order valence-corrected chi connectivity index (χ3v) is 5.67. The molecule has 1 aromatic carbocycles. The van der Waals surface area contributed by atoms with Crippen LogP contribution in [0.2, 0.25) is 0 Å². The standard InChI is InChI=1S/C21H33N3O2/c1-3-24(4-2)19-9-7-17(8-10-19)21(25)22-18-11-13-23(14-12-18)16-20-6-5-15-26-20/h7-10,18,20H,3-6,11-16H2,1-2H3,(H,22,25). The molecule has 2 saturated heterocycles. The number of nitrogens with zero attached hydrogens (tertiary/aromatic N) is 2. The number of piperidine rings is 1. The van der Waals surface area contributed by atoms with Crippen LogP contribution in [0, 0.1) is 0 Å². The van der Waals surface area contributed by atoms with Gasteiger partial charge < -0.3 is 19.9 Å². The van der Waals surface area contributed by atoms with Crippen LogP contribution in [0.25, 0.3) is 0 Å². The molecule has 1 amide bonds. The van der Waals surface area contributed by atoms with E-state index in [0.29, 0.717) is 6.10 Å². The molecule has 5 heteroatoms. The summed E-state index contributed by atoms with van der Waals surface area (Å²) in [4.78, 5) is 17.3. The van der Waals surface area contributed by atoms with E-state index in [4.69, 9.17) is 4.74 Å². The van der Waals surface area contributed by atoms with E-state index in [1.54, 1.807) is 0 Å². The number of nitrogens with one attached hydrogen (secondary N) is 1. The van der Waals surface area contributed by atoms with Crippen molar-refractivity contribution in [1.82, 2.24) is 10.2 Å². The molecule has 0 bridgehead atoms. The molecule has 2 aliphatic heterocycles. The van der Waals surface area contributed by atoms with Gasteiger partial charge in [0.1, 0.15) is 0 Å². The molecule has 2 aliphatic rings. The van der Waals surface area contributed by atoms with Crippen LogP contribution in [0.4, 0.5) is 5.69 Å². The summed E-state index contributed by atoms with van der Waals surface area (Å²) in [5.41, 5.74) is 1.93. The first-order valence-corrected chi connectivity index (χ1v) is 10.2. The first kappa shape index (κ1) is 19.2. The number of amides is 1. The highest BCUT2D eigenvalue weighted by Gasteiger charge is 2.24. The van der Waals surface area contributed by atoms with Crippen molar-refractivity contribution in [1.29, 1.82) is 0 Å². The quantitative estimate of drug-likeness (QED) is 0.813. The van der Waals surface area contributed by atoms with Gasteiger partial charge in [0, 0.05) is 56.6 Å². The zero-order chi connectivity index (χ0) is 18.4. The van der Waals surface area contributed by atoms with Gasteiger partial charge in [-0.05, 0) is 63.8 Å². The SMILES string of the molecule is CCN(CC)c1ccc(C(=O)NC2CCN(CC3CCCO3)CC2)cc1. The van der Waals surface area contributed by atoms with Crippen LogP contribution in [0.3, 0.4) is 0 Å². The fraction of sp³-hybridized carbons (Fsp3) is 0.667. The van der Waals surface area contributed by atoms with Crippen LogP contribution < -0.4 is 10.2 Å². The summed E-state index contributed by atoms with van der Waals surface area (Å²) >= 11 is 0. The Morgan fingerprint density at radius 2 is 1.85 bits per heavy atom. The maximum Gasteiger partial charge on any atom is 0.251 e. The zero-order valence-corrected chi connectivity index (χ0v) is 16.2. The van der Waals surface area contributed by atoms with E-state index < -0.39 is 0 Å². The van der Waals surface area contributed by atoms with Gasteiger partial charge in [-0.25, -0.2) is 0 Å². The summed E-state index contributed by atoms with van der Waals surface area (Å²) < 4.78 is 5.73. The monoisotopic (exact) mass is 359 g/mol. The third kappa shape index (κ3) is 4.98. The molecule has 0 aliphatic carbocycles. The van der Waals surface area contributed by atoms with Crippen LogP contribution in [-0.2, 0) is 4.74 Å². The van der Waals surface area contributed by atoms with E-state index in [0.717, 1.165) is 57.7 Å². The van der Waals surface area contributed by atoms with E-state index in [2.05, 4.69) is 29.0 Å². The van der Waals surface area contributed by atoms with Crippen molar-refractivity contribution in [3.05, 3.63) is 29.8 Å². The van der Waals surface area contributed by atoms with E-state index in [9.17, 15) is 4.79 Å². The summed E-state index contributed by atoms with van der Waals surface area (Å²) in [7, 11) is 0. The second-order valence-corrected chi connectivity index (χ2v) is 7.40. The molecule has 0 spiro atoms. The lowest BCUT2D eigenvalue weighted by atomic mass is 10.0. The van der Waals surface area contributed by atoms with Gasteiger partial charge in [0.25, 0.3) is 5.91 Å². The van der Waals surface area contributed by atoms with Crippen LogP contribution >= 0.6 is 0 Å². The highest BCUT2D eigenvalue weighted by Crippen LogP contribution is 2.18. The molecule has 26 heavy (non-hydrogen) atoms. The molecular formula is C21H33N3O2. The highest BCUT2D eigenvalue weighted by molar-refractivity contribution is 5.94. The number of carbonyl (C=O) groups is 1. The molecule has 2 heterocycles. The lowest BCUT2D eigenvalue weighted by Gasteiger charge is -2.33. The summed E-state index contributed by atoms with van der Waals surface area (Å²) in [6, 6.07) is 8.26. The second-order valence-electron chi connectivity index (χ2n) is 7.40. The number of benzene rings is 1. The Bertz CT molecular complexity index is 557. The van der Waals surface area contributed by atoms with Gasteiger partial charge in [-0.3, -0.25) is 4.79 Å². The predicted octanol–water partition coefficient (Wildman–Crippen LogP) is 2.91. The minimum absolute atomic E-state index is 0.0497. The number of likely N-dealkylation sites (tertiary alicyclic amines) is 1. The first-order valence-electron chi connectivity index (χ1n) is 10.2. The lowest BCUT2D eigenvalue weighted by Crippen LogP contribution is -2.46. The molecule has 1 N–H and O–H groups in total. The maximum atomic E-state index is 12.5. The fourth-order valence-corrected chi connectivity index (χ4v) is 4.02. The fourth-order valence-electron chi connectivity index (χ4n) is 4.02. The number of rotatable bonds is 7. The van der Waals surface area contributed by atoms with E-state index in [1.807, 2.05) is 24.3 Å². The molecule has 3 rings (SSSR count). The molecule has 0 radical (unpaired) electrons. The minimum atomic E-state index is 0.0497. The van der Waals surface area contributed by atoms with Gasteiger partial charge in [0.05, 0.1) is 6.10 Å². The Hall–Kier alpha value is -1.59. The van der Waals surface area contributed by atoms with Crippen molar-refractivity contribution < 1.29 is 9.53 Å². The van der Waals surface area contributed by atoms with Gasteiger partial charge in [-0.15, -0.1) is 0 Å². The average Bonchev–Trinajstić information content (AvgIpc) is 3.18. The van der Waals surface area contributed by atoms with Crippen molar-refractivity contribution in [2.24, 2.45) is 0 Å². The largest absolute Gasteiger partial charge is 0.377 e. The predicted molar refractivity (Wildman–Crippen MR) is 106 cm³/mol. The number of carbonyl (C=O) groups excluding carboxylic acids is 1. The third-order valence-electron chi connectivity index (χ3n) is 5.67. The Morgan fingerprint density at radius 1 is 1.15 bits per heavy atom. The number of anilines is 1. The van der Waals surface area contributed by atoms with Crippen molar-refractivity contribution in [3.63, 3.8) is 0 Å². The Kier molecular flexibility index (Phi) is 6.92. The van der Waals surface area contributed by atoms with Gasteiger partial charge in [0.2, 0.25) is 0 Å². The number of hydrogen-bond donors (Lipinski definition) is 1. The topological polar surface area (TPSA) is 44.8 Å². The molecule has 1 aromatic rings. The normalized spacial score (nSPS) is 21.7. The molecule has 1 unspecified atom stereocenters. The van der Waals surface area contributed by atoms with E-state index >= 15 is 0 Å². The molecule has 0 saturated carbocycles. The van der Waals surface area contributed by atoms with Crippen molar-refractivity contribution >= 4 is 11.6 Å². The van der Waals surface area contributed by atoms with Gasteiger partial charge in [0.15, 0.2) is 0 Å². The smallest absolute Gasteiger partial charge is 0.251 e. The van der Waals surface area contributed by atoms with Gasteiger partial charge in [-0.1, -0.05) is 0 Å². The lowest BCUT2D eigenvalue weighted by molar-refractivity contribution is 0.0613. The molecular weight excluding hydrogens is 326 g/mol.